The third-order valence-electron chi connectivity index (χ3n) is 7.60. The van der Waals surface area contributed by atoms with E-state index in [0.717, 1.165) is 66.0 Å². The highest BCUT2D eigenvalue weighted by molar-refractivity contribution is 7.39. The molecular weight excluding hydrogens is 535 g/mol. The number of halogens is 1. The normalized spacial score (nSPS) is 18.1. The van der Waals surface area contributed by atoms with Crippen molar-refractivity contribution in [2.45, 2.75) is 42.3 Å². The number of benzene rings is 2. The smallest absolute Gasteiger partial charge is 0.261 e. The highest BCUT2D eigenvalue weighted by atomic mass is 32.1. The zero-order valence-corrected chi connectivity index (χ0v) is 24.4. The number of carbonyl (C=O) groups excluding carboxylic acids is 2. The van der Waals surface area contributed by atoms with Gasteiger partial charge < -0.3 is 15.5 Å². The molecule has 2 amide bonds. The molecule has 0 bridgehead atoms. The fraction of sp³-hybridized carbons (Fsp3) is 0.379. The van der Waals surface area contributed by atoms with Crippen LogP contribution < -0.4 is 10.6 Å². The predicted octanol–water partition coefficient (Wildman–Crippen LogP) is 5.18. The summed E-state index contributed by atoms with van der Waals surface area (Å²) >= 11 is 1.46. The SMILES string of the molecule is O=C(NC1CCN(CCCCC2(C(=O)NCC(F)(P)P)c3ccccc3-c3ccccc32)C1)c1cccs1. The van der Waals surface area contributed by atoms with Gasteiger partial charge in [0.05, 0.1) is 11.4 Å². The van der Waals surface area contributed by atoms with Gasteiger partial charge in [-0.25, -0.2) is 4.39 Å². The lowest BCUT2D eigenvalue weighted by Gasteiger charge is -2.32. The van der Waals surface area contributed by atoms with E-state index < -0.39 is 10.6 Å². The molecule has 0 saturated carbocycles. The number of thiophene rings is 1. The molecule has 2 heterocycles. The monoisotopic (exact) mass is 569 g/mol. The van der Waals surface area contributed by atoms with Crippen LogP contribution in [0.3, 0.4) is 0 Å². The summed E-state index contributed by atoms with van der Waals surface area (Å²) < 4.78 is 14.3. The quantitative estimate of drug-likeness (QED) is 0.261. The van der Waals surface area contributed by atoms with Gasteiger partial charge >= 0.3 is 0 Å². The van der Waals surface area contributed by atoms with Crippen LogP contribution in [0.15, 0.2) is 66.0 Å². The highest BCUT2D eigenvalue weighted by Crippen LogP contribution is 2.51. The minimum Gasteiger partial charge on any atom is -0.351 e. The minimum absolute atomic E-state index is 0.00613. The average Bonchev–Trinajstić information content (AvgIpc) is 3.65. The molecule has 1 aliphatic carbocycles. The Morgan fingerprint density at radius 3 is 2.34 bits per heavy atom. The highest BCUT2D eigenvalue weighted by Gasteiger charge is 2.48. The second-order valence-corrected chi connectivity index (χ2v) is 13.8. The number of hydrogen-bond donors (Lipinski definition) is 2. The summed E-state index contributed by atoms with van der Waals surface area (Å²) in [5.41, 5.74) is 3.29. The van der Waals surface area contributed by atoms with E-state index in [1.165, 1.54) is 11.3 Å². The van der Waals surface area contributed by atoms with Crippen LogP contribution >= 0.6 is 29.8 Å². The summed E-state index contributed by atoms with van der Waals surface area (Å²) in [4.78, 5) is 29.4. The predicted molar refractivity (Wildman–Crippen MR) is 159 cm³/mol. The average molecular weight is 570 g/mol. The van der Waals surface area contributed by atoms with Crippen molar-refractivity contribution in [3.8, 4) is 11.1 Å². The molecule has 0 radical (unpaired) electrons. The number of carbonyl (C=O) groups is 2. The van der Waals surface area contributed by atoms with Crippen LogP contribution in [0, 0.1) is 0 Å². The number of alkyl halides is 1. The van der Waals surface area contributed by atoms with Crippen LogP contribution in [0.1, 0.15) is 46.5 Å². The molecule has 5 rings (SSSR count). The standard InChI is InChI=1S/C29H34FN3O2P2S/c30-29(36,37)19-31-27(35)28(23-10-3-1-8-21(23)22-9-2-4-11-24(22)28)14-5-6-15-33-16-13-20(18-33)32-26(34)25-12-7-17-38-25/h1-4,7-12,17,20H,5-6,13-16,18-19,36-37H2,(H,31,35)(H,32,34). The van der Waals surface area contributed by atoms with Crippen LogP contribution in [0.2, 0.25) is 0 Å². The largest absolute Gasteiger partial charge is 0.351 e. The molecular formula is C29H34FN3O2P2S. The van der Waals surface area contributed by atoms with Gasteiger partial charge in [0, 0.05) is 19.1 Å². The van der Waals surface area contributed by atoms with Gasteiger partial charge in [0.15, 0.2) is 5.15 Å². The van der Waals surface area contributed by atoms with Gasteiger partial charge in [-0.15, -0.1) is 11.3 Å². The van der Waals surface area contributed by atoms with Crippen molar-refractivity contribution in [3.63, 3.8) is 0 Å². The molecule has 2 N–H and O–H groups in total. The molecule has 200 valence electrons. The number of amides is 2. The van der Waals surface area contributed by atoms with Crippen LogP contribution in [0.25, 0.3) is 11.1 Å². The number of fused-ring (bicyclic) bond motifs is 3. The van der Waals surface area contributed by atoms with Crippen molar-refractivity contribution >= 4 is 41.6 Å². The zero-order chi connectivity index (χ0) is 26.8. The summed E-state index contributed by atoms with van der Waals surface area (Å²) in [5, 5.41) is 6.32. The maximum absolute atomic E-state index is 14.3. The van der Waals surface area contributed by atoms with E-state index in [2.05, 4.69) is 46.1 Å². The Hall–Kier alpha value is -2.17. The molecule has 38 heavy (non-hydrogen) atoms. The molecule has 1 saturated heterocycles. The summed E-state index contributed by atoms with van der Waals surface area (Å²) in [5.74, 6) is -0.147. The maximum Gasteiger partial charge on any atom is 0.261 e. The third-order valence-corrected chi connectivity index (χ3v) is 8.88. The van der Waals surface area contributed by atoms with E-state index >= 15 is 0 Å². The van der Waals surface area contributed by atoms with Crippen molar-refractivity contribution in [2.75, 3.05) is 26.2 Å². The van der Waals surface area contributed by atoms with Crippen molar-refractivity contribution in [2.24, 2.45) is 0 Å². The molecule has 1 fully saturated rings. The van der Waals surface area contributed by atoms with E-state index in [9.17, 15) is 14.0 Å². The lowest BCUT2D eigenvalue weighted by molar-refractivity contribution is -0.125. The topological polar surface area (TPSA) is 61.4 Å². The maximum atomic E-state index is 14.3. The molecule has 0 spiro atoms. The summed E-state index contributed by atoms with van der Waals surface area (Å²) in [6.45, 7) is 2.61. The van der Waals surface area contributed by atoms with Gasteiger partial charge in [0.1, 0.15) is 5.41 Å². The lowest BCUT2D eigenvalue weighted by atomic mass is 9.73. The van der Waals surface area contributed by atoms with E-state index in [1.54, 1.807) is 0 Å². The minimum atomic E-state index is -1.65. The van der Waals surface area contributed by atoms with E-state index in [0.29, 0.717) is 6.42 Å². The van der Waals surface area contributed by atoms with Crippen LogP contribution in [0.4, 0.5) is 4.39 Å². The van der Waals surface area contributed by atoms with Crippen LogP contribution in [0.5, 0.6) is 0 Å². The lowest BCUT2D eigenvalue weighted by Crippen LogP contribution is -2.46. The Morgan fingerprint density at radius 2 is 1.71 bits per heavy atom. The first kappa shape index (κ1) is 27.4. The number of unbranched alkanes of at least 4 members (excludes halogenated alkanes) is 1. The van der Waals surface area contributed by atoms with Gasteiger partial charge in [0.2, 0.25) is 5.91 Å². The summed E-state index contributed by atoms with van der Waals surface area (Å²) in [7, 11) is 4.26. The molecule has 2 aromatic carbocycles. The molecule has 1 aromatic heterocycles. The van der Waals surface area contributed by atoms with Gasteiger partial charge in [-0.05, 0) is 59.5 Å². The Balaban J connectivity index is 1.26. The van der Waals surface area contributed by atoms with Crippen molar-refractivity contribution < 1.29 is 14.0 Å². The van der Waals surface area contributed by atoms with Crippen molar-refractivity contribution in [3.05, 3.63) is 82.0 Å². The molecule has 3 atom stereocenters. The van der Waals surface area contributed by atoms with Gasteiger partial charge in [-0.1, -0.05) is 79.5 Å². The Bertz CT molecular complexity index is 1250. The molecule has 9 heteroatoms. The van der Waals surface area contributed by atoms with Crippen molar-refractivity contribution in [1.82, 2.24) is 15.5 Å². The van der Waals surface area contributed by atoms with Crippen LogP contribution in [-0.4, -0.2) is 54.1 Å². The van der Waals surface area contributed by atoms with E-state index in [1.807, 2.05) is 53.9 Å². The fourth-order valence-corrected chi connectivity index (χ4v) is 6.69. The second kappa shape index (κ2) is 11.5. The van der Waals surface area contributed by atoms with E-state index in [4.69, 9.17) is 0 Å². The van der Waals surface area contributed by atoms with Gasteiger partial charge in [-0.3, -0.25) is 9.59 Å². The zero-order valence-electron chi connectivity index (χ0n) is 21.3. The Kier molecular flexibility index (Phi) is 8.30. The summed E-state index contributed by atoms with van der Waals surface area (Å²) in [6, 6.07) is 20.1. The number of hydrogen-bond acceptors (Lipinski definition) is 4. The number of rotatable bonds is 10. The molecule has 2 aliphatic rings. The fourth-order valence-electron chi connectivity index (χ4n) is 5.86. The Morgan fingerprint density at radius 1 is 1.03 bits per heavy atom. The molecule has 5 nitrogen and oxygen atoms in total. The molecule has 1 aliphatic heterocycles. The number of nitrogens with one attached hydrogen (secondary N) is 2. The second-order valence-electron chi connectivity index (χ2n) is 10.3. The van der Waals surface area contributed by atoms with Crippen LogP contribution in [-0.2, 0) is 10.2 Å². The first-order valence-corrected chi connectivity index (χ1v) is 15.1. The number of likely N-dealkylation sites (tertiary alicyclic amines) is 1. The first-order valence-electron chi connectivity index (χ1n) is 13.1. The van der Waals surface area contributed by atoms with Crippen molar-refractivity contribution in [1.29, 1.82) is 0 Å². The first-order chi connectivity index (χ1) is 18.3. The van der Waals surface area contributed by atoms with Gasteiger partial charge in [-0.2, -0.15) is 0 Å². The Labute approximate surface area is 232 Å². The molecule has 3 unspecified atom stereocenters. The van der Waals surface area contributed by atoms with E-state index in [-0.39, 0.29) is 24.4 Å². The third kappa shape index (κ3) is 5.72. The summed E-state index contributed by atoms with van der Waals surface area (Å²) in [6.07, 6.45) is 3.37. The molecule has 3 aromatic rings. The van der Waals surface area contributed by atoms with Gasteiger partial charge in [0.25, 0.3) is 5.91 Å². The number of nitrogens with zero attached hydrogens (tertiary/aromatic N) is 1.